The standard InChI is InChI=1S/C19H21N3O/c20-14-9-10-15(12-14)23-19(17-7-2-8-18(21)22-17)11-3-5-13-4-1-6-16(13)19/h1-8,11,14-15H,9-10,12,20H2,(H2,21,22). The Morgan fingerprint density at radius 2 is 2.09 bits per heavy atom. The number of nitrogens with zero attached hydrogens (tertiary/aromatic N) is 1. The molecule has 1 aromatic rings. The number of allylic oxidation sites excluding steroid dienone is 5. The van der Waals surface area contributed by atoms with Crippen molar-refractivity contribution in [2.45, 2.75) is 37.0 Å². The molecule has 1 heterocycles. The van der Waals surface area contributed by atoms with E-state index < -0.39 is 5.60 Å². The lowest BCUT2D eigenvalue weighted by molar-refractivity contribution is -0.0428. The minimum absolute atomic E-state index is 0.138. The van der Waals surface area contributed by atoms with Crippen molar-refractivity contribution in [3.05, 3.63) is 71.5 Å². The van der Waals surface area contributed by atoms with E-state index in [1.807, 2.05) is 18.2 Å². The predicted octanol–water partition coefficient (Wildman–Crippen LogP) is 2.75. The zero-order valence-corrected chi connectivity index (χ0v) is 13.0. The highest BCUT2D eigenvalue weighted by atomic mass is 16.5. The molecule has 0 bridgehead atoms. The molecule has 1 saturated carbocycles. The van der Waals surface area contributed by atoms with Crippen molar-refractivity contribution in [1.82, 2.24) is 4.98 Å². The first-order valence-electron chi connectivity index (χ1n) is 8.12. The number of pyridine rings is 1. The predicted molar refractivity (Wildman–Crippen MR) is 91.5 cm³/mol. The Morgan fingerprint density at radius 1 is 1.17 bits per heavy atom. The van der Waals surface area contributed by atoms with Crippen molar-refractivity contribution in [3.8, 4) is 0 Å². The third-order valence-corrected chi connectivity index (χ3v) is 4.79. The Morgan fingerprint density at radius 3 is 2.87 bits per heavy atom. The fourth-order valence-corrected chi connectivity index (χ4v) is 3.68. The van der Waals surface area contributed by atoms with Crippen LogP contribution in [0, 0.1) is 0 Å². The first-order chi connectivity index (χ1) is 11.2. The maximum atomic E-state index is 6.63. The number of ether oxygens (including phenoxy) is 1. The van der Waals surface area contributed by atoms with E-state index in [1.165, 1.54) is 5.57 Å². The summed E-state index contributed by atoms with van der Waals surface area (Å²) in [6.07, 6.45) is 15.5. The number of hydrogen-bond donors (Lipinski definition) is 2. The average molecular weight is 307 g/mol. The molecule has 0 aromatic carbocycles. The second kappa shape index (κ2) is 5.48. The molecule has 3 aliphatic rings. The largest absolute Gasteiger partial charge is 0.384 e. The molecule has 4 rings (SSSR count). The lowest BCUT2D eigenvalue weighted by Gasteiger charge is -2.37. The van der Waals surface area contributed by atoms with E-state index in [-0.39, 0.29) is 12.1 Å². The molecule has 0 saturated heterocycles. The lowest BCUT2D eigenvalue weighted by Crippen LogP contribution is -2.36. The summed E-state index contributed by atoms with van der Waals surface area (Å²) in [6.45, 7) is 0. The second-order valence-corrected chi connectivity index (χ2v) is 6.42. The molecule has 3 atom stereocenters. The molecule has 0 spiro atoms. The Kier molecular flexibility index (Phi) is 3.43. The van der Waals surface area contributed by atoms with Crippen LogP contribution in [0.15, 0.2) is 65.8 Å². The van der Waals surface area contributed by atoms with Crippen LogP contribution in [0.5, 0.6) is 0 Å². The van der Waals surface area contributed by atoms with Gasteiger partial charge in [-0.25, -0.2) is 4.98 Å². The minimum atomic E-state index is -0.683. The summed E-state index contributed by atoms with van der Waals surface area (Å²) in [5.74, 6) is 0.504. The van der Waals surface area contributed by atoms with Gasteiger partial charge >= 0.3 is 0 Å². The van der Waals surface area contributed by atoms with Crippen LogP contribution >= 0.6 is 0 Å². The van der Waals surface area contributed by atoms with E-state index in [2.05, 4.69) is 35.4 Å². The van der Waals surface area contributed by atoms with Crippen molar-refractivity contribution in [1.29, 1.82) is 0 Å². The van der Waals surface area contributed by atoms with Gasteiger partial charge in [-0.2, -0.15) is 0 Å². The highest BCUT2D eigenvalue weighted by molar-refractivity contribution is 5.60. The number of aromatic nitrogens is 1. The highest BCUT2D eigenvalue weighted by Gasteiger charge is 2.42. The van der Waals surface area contributed by atoms with Crippen LogP contribution in [0.3, 0.4) is 0 Å². The Balaban J connectivity index is 1.78. The fraction of sp³-hybridized carbons (Fsp3) is 0.316. The zero-order chi connectivity index (χ0) is 15.9. The van der Waals surface area contributed by atoms with Gasteiger partial charge in [0, 0.05) is 11.6 Å². The third-order valence-electron chi connectivity index (χ3n) is 4.79. The number of nitrogens with two attached hydrogens (primary N) is 2. The molecule has 1 aromatic heterocycles. The number of fused-ring (bicyclic) bond motifs is 1. The molecule has 4 N–H and O–H groups in total. The molecule has 23 heavy (non-hydrogen) atoms. The van der Waals surface area contributed by atoms with Crippen LogP contribution < -0.4 is 11.5 Å². The fourth-order valence-electron chi connectivity index (χ4n) is 3.68. The summed E-state index contributed by atoms with van der Waals surface area (Å²) >= 11 is 0. The van der Waals surface area contributed by atoms with Gasteiger partial charge in [-0.3, -0.25) is 0 Å². The molecule has 4 heteroatoms. The van der Waals surface area contributed by atoms with E-state index >= 15 is 0 Å². The second-order valence-electron chi connectivity index (χ2n) is 6.42. The van der Waals surface area contributed by atoms with Crippen LogP contribution in [0.25, 0.3) is 0 Å². The zero-order valence-electron chi connectivity index (χ0n) is 13.0. The molecule has 0 radical (unpaired) electrons. The van der Waals surface area contributed by atoms with E-state index in [9.17, 15) is 0 Å². The monoisotopic (exact) mass is 307 g/mol. The number of rotatable bonds is 3. The van der Waals surface area contributed by atoms with Crippen LogP contribution in [0.2, 0.25) is 0 Å². The summed E-state index contributed by atoms with van der Waals surface area (Å²) in [5.41, 5.74) is 14.4. The van der Waals surface area contributed by atoms with Crippen molar-refractivity contribution < 1.29 is 4.74 Å². The van der Waals surface area contributed by atoms with Gasteiger partial charge in [-0.15, -0.1) is 0 Å². The average Bonchev–Trinajstić information content (AvgIpc) is 3.17. The van der Waals surface area contributed by atoms with Gasteiger partial charge in [0.2, 0.25) is 0 Å². The van der Waals surface area contributed by atoms with E-state index in [0.29, 0.717) is 5.82 Å². The molecular weight excluding hydrogens is 286 g/mol. The van der Waals surface area contributed by atoms with Gasteiger partial charge in [0.15, 0.2) is 5.60 Å². The quantitative estimate of drug-likeness (QED) is 0.900. The Labute approximate surface area is 136 Å². The van der Waals surface area contributed by atoms with E-state index in [1.54, 1.807) is 6.07 Å². The summed E-state index contributed by atoms with van der Waals surface area (Å²) in [6, 6.07) is 5.94. The van der Waals surface area contributed by atoms with Crippen molar-refractivity contribution in [3.63, 3.8) is 0 Å². The lowest BCUT2D eigenvalue weighted by atomic mass is 9.82. The van der Waals surface area contributed by atoms with Crippen molar-refractivity contribution in [2.75, 3.05) is 5.73 Å². The molecule has 4 nitrogen and oxygen atoms in total. The number of anilines is 1. The first-order valence-corrected chi connectivity index (χ1v) is 8.12. The molecular formula is C19H21N3O. The molecule has 0 aliphatic heterocycles. The van der Waals surface area contributed by atoms with Gasteiger partial charge in [0.1, 0.15) is 5.82 Å². The number of hydrogen-bond acceptors (Lipinski definition) is 4. The van der Waals surface area contributed by atoms with Gasteiger partial charge in [0.25, 0.3) is 0 Å². The SMILES string of the molecule is Nc1cccc(C2(OC3CCC(N)C3)C=CC=C3C=CC=C32)n1. The van der Waals surface area contributed by atoms with Gasteiger partial charge in [0.05, 0.1) is 11.8 Å². The molecule has 3 unspecified atom stereocenters. The first kappa shape index (κ1) is 14.4. The minimum Gasteiger partial charge on any atom is -0.384 e. The normalized spacial score (nSPS) is 31.9. The van der Waals surface area contributed by atoms with E-state index in [4.69, 9.17) is 16.2 Å². The van der Waals surface area contributed by atoms with E-state index in [0.717, 1.165) is 30.5 Å². The third kappa shape index (κ3) is 2.44. The molecule has 3 aliphatic carbocycles. The summed E-state index contributed by atoms with van der Waals surface area (Å²) in [4.78, 5) is 4.56. The summed E-state index contributed by atoms with van der Waals surface area (Å²) in [7, 11) is 0. The number of nitrogen functional groups attached to an aromatic ring is 1. The maximum Gasteiger partial charge on any atom is 0.154 e. The molecule has 0 amide bonds. The molecule has 118 valence electrons. The molecule has 1 fully saturated rings. The van der Waals surface area contributed by atoms with Crippen molar-refractivity contribution in [2.24, 2.45) is 5.73 Å². The Hall–Kier alpha value is -2.17. The van der Waals surface area contributed by atoms with Gasteiger partial charge < -0.3 is 16.2 Å². The van der Waals surface area contributed by atoms with Gasteiger partial charge in [-0.05, 0) is 43.0 Å². The maximum absolute atomic E-state index is 6.63. The van der Waals surface area contributed by atoms with Crippen LogP contribution in [-0.4, -0.2) is 17.1 Å². The van der Waals surface area contributed by atoms with Crippen LogP contribution in [0.4, 0.5) is 5.82 Å². The van der Waals surface area contributed by atoms with Crippen LogP contribution in [-0.2, 0) is 10.3 Å². The summed E-state index contributed by atoms with van der Waals surface area (Å²) < 4.78 is 6.63. The topological polar surface area (TPSA) is 74.2 Å². The van der Waals surface area contributed by atoms with Gasteiger partial charge in [-0.1, -0.05) is 36.4 Å². The Bertz CT molecular complexity index is 747. The highest BCUT2D eigenvalue weighted by Crippen LogP contribution is 2.45. The van der Waals surface area contributed by atoms with Crippen molar-refractivity contribution >= 4 is 5.82 Å². The summed E-state index contributed by atoms with van der Waals surface area (Å²) in [5, 5.41) is 0. The smallest absolute Gasteiger partial charge is 0.154 e. The van der Waals surface area contributed by atoms with Crippen LogP contribution in [0.1, 0.15) is 25.0 Å².